The molecule has 2 rings (SSSR count). The van der Waals surface area contributed by atoms with Crippen LogP contribution in [0.25, 0.3) is 0 Å². The summed E-state index contributed by atoms with van der Waals surface area (Å²) in [4.78, 5) is 8.41. The summed E-state index contributed by atoms with van der Waals surface area (Å²) < 4.78 is 0. The summed E-state index contributed by atoms with van der Waals surface area (Å²) in [5.41, 5.74) is 2.32. The van der Waals surface area contributed by atoms with Crippen molar-refractivity contribution < 1.29 is 0 Å². The molecule has 0 amide bonds. The van der Waals surface area contributed by atoms with Crippen molar-refractivity contribution in [3.8, 4) is 0 Å². The molecule has 3 nitrogen and oxygen atoms in total. The van der Waals surface area contributed by atoms with Gasteiger partial charge in [-0.2, -0.15) is 0 Å². The Morgan fingerprint density at radius 2 is 2.06 bits per heavy atom. The number of pyridine rings is 2. The van der Waals surface area contributed by atoms with Gasteiger partial charge in [0.15, 0.2) is 0 Å². The maximum absolute atomic E-state index is 4.31. The molecule has 0 saturated carbocycles. The number of aromatic nitrogens is 2. The van der Waals surface area contributed by atoms with E-state index in [0.29, 0.717) is 0 Å². The summed E-state index contributed by atoms with van der Waals surface area (Å²) in [7, 11) is 0. The lowest BCUT2D eigenvalue weighted by Crippen LogP contribution is -2.07. The minimum absolute atomic E-state index is 0.212. The monoisotopic (exact) mass is 213 g/mol. The predicted molar refractivity (Wildman–Crippen MR) is 65.2 cm³/mol. The van der Waals surface area contributed by atoms with Gasteiger partial charge in [-0.25, -0.2) is 4.98 Å². The normalized spacial score (nSPS) is 12.1. The van der Waals surface area contributed by atoms with Gasteiger partial charge in [0.05, 0.1) is 6.04 Å². The van der Waals surface area contributed by atoms with Crippen molar-refractivity contribution in [3.05, 3.63) is 54.0 Å². The van der Waals surface area contributed by atoms with Crippen molar-refractivity contribution in [2.45, 2.75) is 19.9 Å². The Kier molecular flexibility index (Phi) is 3.15. The van der Waals surface area contributed by atoms with Gasteiger partial charge in [0.25, 0.3) is 0 Å². The van der Waals surface area contributed by atoms with Crippen molar-refractivity contribution in [2.75, 3.05) is 5.32 Å². The lowest BCUT2D eigenvalue weighted by Gasteiger charge is -2.14. The van der Waals surface area contributed by atoms with Crippen LogP contribution in [-0.4, -0.2) is 9.97 Å². The molecule has 2 heterocycles. The average Bonchev–Trinajstić information content (AvgIpc) is 2.33. The molecule has 0 saturated heterocycles. The van der Waals surface area contributed by atoms with E-state index in [9.17, 15) is 0 Å². The van der Waals surface area contributed by atoms with E-state index < -0.39 is 0 Å². The van der Waals surface area contributed by atoms with Crippen LogP contribution in [0, 0.1) is 6.92 Å². The Morgan fingerprint density at radius 3 is 2.69 bits per heavy atom. The number of nitrogens with one attached hydrogen (secondary N) is 1. The molecule has 0 bridgehead atoms. The summed E-state index contributed by atoms with van der Waals surface area (Å²) >= 11 is 0. The second kappa shape index (κ2) is 4.75. The molecule has 82 valence electrons. The molecule has 1 atom stereocenters. The molecule has 16 heavy (non-hydrogen) atoms. The van der Waals surface area contributed by atoms with Crippen LogP contribution in [-0.2, 0) is 0 Å². The van der Waals surface area contributed by atoms with E-state index in [4.69, 9.17) is 0 Å². The van der Waals surface area contributed by atoms with Crippen molar-refractivity contribution >= 4 is 5.82 Å². The van der Waals surface area contributed by atoms with Crippen LogP contribution >= 0.6 is 0 Å². The molecule has 0 aliphatic heterocycles. The third-order valence-corrected chi connectivity index (χ3v) is 2.46. The second-order valence-corrected chi connectivity index (χ2v) is 3.87. The number of aryl methyl sites for hydroxylation is 1. The van der Waals surface area contributed by atoms with Gasteiger partial charge in [-0.15, -0.1) is 0 Å². The molecule has 1 unspecified atom stereocenters. The number of anilines is 1. The number of hydrogen-bond donors (Lipinski definition) is 1. The van der Waals surface area contributed by atoms with Crippen LogP contribution in [0.2, 0.25) is 0 Å². The van der Waals surface area contributed by atoms with E-state index in [1.54, 1.807) is 6.20 Å². The third-order valence-electron chi connectivity index (χ3n) is 2.46. The topological polar surface area (TPSA) is 37.8 Å². The van der Waals surface area contributed by atoms with Gasteiger partial charge < -0.3 is 5.32 Å². The van der Waals surface area contributed by atoms with Crippen LogP contribution in [0.5, 0.6) is 0 Å². The van der Waals surface area contributed by atoms with Gasteiger partial charge in [0, 0.05) is 18.6 Å². The fraction of sp³-hybridized carbons (Fsp3) is 0.231. The SMILES string of the molecule is Cc1ccc(NC(C)c2cccnc2)nc1. The van der Waals surface area contributed by atoms with Gasteiger partial charge in [-0.3, -0.25) is 4.98 Å². The lowest BCUT2D eigenvalue weighted by atomic mass is 10.1. The molecule has 0 aliphatic carbocycles. The van der Waals surface area contributed by atoms with Crippen LogP contribution in [0.1, 0.15) is 24.1 Å². The minimum Gasteiger partial charge on any atom is -0.363 e. The molecule has 0 radical (unpaired) electrons. The summed E-state index contributed by atoms with van der Waals surface area (Å²) in [6.07, 6.45) is 5.50. The molecule has 2 aromatic rings. The van der Waals surface area contributed by atoms with E-state index in [-0.39, 0.29) is 6.04 Å². The molecule has 0 spiro atoms. The molecular weight excluding hydrogens is 198 g/mol. The number of rotatable bonds is 3. The van der Waals surface area contributed by atoms with Crippen LogP contribution in [0.15, 0.2) is 42.9 Å². The fourth-order valence-electron chi connectivity index (χ4n) is 1.49. The summed E-state index contributed by atoms with van der Waals surface area (Å²) in [6.45, 7) is 4.12. The van der Waals surface area contributed by atoms with Crippen LogP contribution < -0.4 is 5.32 Å². The zero-order valence-electron chi connectivity index (χ0n) is 9.51. The first-order chi connectivity index (χ1) is 7.75. The summed E-state index contributed by atoms with van der Waals surface area (Å²) in [5.74, 6) is 0.891. The van der Waals surface area contributed by atoms with Gasteiger partial charge in [0.2, 0.25) is 0 Å². The highest BCUT2D eigenvalue weighted by Crippen LogP contribution is 2.16. The quantitative estimate of drug-likeness (QED) is 0.851. The van der Waals surface area contributed by atoms with Crippen molar-refractivity contribution in [1.29, 1.82) is 0 Å². The van der Waals surface area contributed by atoms with E-state index in [1.165, 1.54) is 5.56 Å². The average molecular weight is 213 g/mol. The zero-order valence-corrected chi connectivity index (χ0v) is 9.51. The van der Waals surface area contributed by atoms with Crippen molar-refractivity contribution in [1.82, 2.24) is 9.97 Å². The van der Waals surface area contributed by atoms with E-state index in [2.05, 4.69) is 28.3 Å². The van der Waals surface area contributed by atoms with Crippen molar-refractivity contribution in [2.24, 2.45) is 0 Å². The first-order valence-electron chi connectivity index (χ1n) is 5.35. The van der Waals surface area contributed by atoms with Crippen molar-refractivity contribution in [3.63, 3.8) is 0 Å². The zero-order chi connectivity index (χ0) is 11.4. The molecule has 0 fully saturated rings. The summed E-state index contributed by atoms with van der Waals surface area (Å²) in [5, 5.41) is 3.33. The summed E-state index contributed by atoms with van der Waals surface area (Å²) in [6, 6.07) is 8.24. The fourth-order valence-corrected chi connectivity index (χ4v) is 1.49. The van der Waals surface area contributed by atoms with Gasteiger partial charge in [0.1, 0.15) is 5.82 Å². The maximum Gasteiger partial charge on any atom is 0.126 e. The van der Waals surface area contributed by atoms with Crippen LogP contribution in [0.3, 0.4) is 0 Å². The molecular formula is C13H15N3. The number of nitrogens with zero attached hydrogens (tertiary/aromatic N) is 2. The van der Waals surface area contributed by atoms with E-state index in [0.717, 1.165) is 11.4 Å². The highest BCUT2D eigenvalue weighted by atomic mass is 15.0. The number of hydrogen-bond acceptors (Lipinski definition) is 3. The first kappa shape index (κ1) is 10.6. The van der Waals surface area contributed by atoms with E-state index >= 15 is 0 Å². The van der Waals surface area contributed by atoms with Crippen LogP contribution in [0.4, 0.5) is 5.82 Å². The highest BCUT2D eigenvalue weighted by Gasteiger charge is 2.04. The molecule has 3 heteroatoms. The minimum atomic E-state index is 0.212. The highest BCUT2D eigenvalue weighted by molar-refractivity contribution is 5.38. The smallest absolute Gasteiger partial charge is 0.126 e. The second-order valence-electron chi connectivity index (χ2n) is 3.87. The standard InChI is InChI=1S/C13H15N3/c1-10-5-6-13(15-8-10)16-11(2)12-4-3-7-14-9-12/h3-9,11H,1-2H3,(H,15,16). The lowest BCUT2D eigenvalue weighted by molar-refractivity contribution is 0.866. The van der Waals surface area contributed by atoms with Gasteiger partial charge in [-0.05, 0) is 37.1 Å². The Hall–Kier alpha value is -1.90. The molecule has 0 aromatic carbocycles. The Labute approximate surface area is 95.6 Å². The van der Waals surface area contributed by atoms with Gasteiger partial charge >= 0.3 is 0 Å². The Bertz CT molecular complexity index is 436. The molecule has 0 aliphatic rings. The molecule has 1 N–H and O–H groups in total. The molecule has 2 aromatic heterocycles. The maximum atomic E-state index is 4.31. The Morgan fingerprint density at radius 1 is 1.19 bits per heavy atom. The first-order valence-corrected chi connectivity index (χ1v) is 5.35. The van der Waals surface area contributed by atoms with Gasteiger partial charge in [-0.1, -0.05) is 12.1 Å². The predicted octanol–water partition coefficient (Wildman–Crippen LogP) is 2.96. The third kappa shape index (κ3) is 2.57. The largest absolute Gasteiger partial charge is 0.363 e. The Balaban J connectivity index is 2.08. The van der Waals surface area contributed by atoms with E-state index in [1.807, 2.05) is 37.5 Å².